The molecule has 1 aromatic carbocycles. The number of benzene rings is 1. The summed E-state index contributed by atoms with van der Waals surface area (Å²) >= 11 is 4.62. The zero-order valence-electron chi connectivity index (χ0n) is 12.2. The molecule has 0 fully saturated rings. The summed E-state index contributed by atoms with van der Waals surface area (Å²) in [6.07, 6.45) is 0. The molecule has 0 aliphatic rings. The molecule has 0 saturated carbocycles. The highest BCUT2D eigenvalue weighted by Crippen LogP contribution is 2.21. The zero-order chi connectivity index (χ0) is 17.7. The van der Waals surface area contributed by atoms with Crippen LogP contribution in [-0.2, 0) is 26.1 Å². The number of carbonyl (C=O) groups is 2. The first-order chi connectivity index (χ1) is 11.3. The fraction of sp³-hybridized carbons (Fsp3) is 0.143. The van der Waals surface area contributed by atoms with Crippen molar-refractivity contribution < 1.29 is 22.7 Å². The lowest BCUT2D eigenvalue weighted by molar-refractivity contribution is -0.124. The average molecular weight is 433 g/mol. The van der Waals surface area contributed by atoms with Crippen LogP contribution < -0.4 is 10.5 Å². The lowest BCUT2D eigenvalue weighted by Gasteiger charge is -2.08. The number of halogens is 1. The summed E-state index contributed by atoms with van der Waals surface area (Å²) in [5, 5.41) is 9.52. The Morgan fingerprint density at radius 2 is 2.04 bits per heavy atom. The topological polar surface area (TPSA) is 116 Å². The molecule has 0 atom stereocenters. The van der Waals surface area contributed by atoms with Gasteiger partial charge in [0.05, 0.1) is 17.0 Å². The first kappa shape index (κ1) is 18.6. The second-order valence-corrected chi connectivity index (χ2v) is 8.07. The van der Waals surface area contributed by atoms with Crippen molar-refractivity contribution in [3.05, 3.63) is 50.6 Å². The maximum absolute atomic E-state index is 12.0. The third-order valence-corrected chi connectivity index (χ3v) is 5.34. The van der Waals surface area contributed by atoms with Gasteiger partial charge in [-0.1, -0.05) is 6.07 Å². The van der Waals surface area contributed by atoms with E-state index in [2.05, 4.69) is 21.2 Å². The molecule has 0 bridgehead atoms. The molecule has 1 heterocycles. The Labute approximate surface area is 151 Å². The van der Waals surface area contributed by atoms with Crippen molar-refractivity contribution in [3.8, 4) is 0 Å². The van der Waals surface area contributed by atoms with Crippen LogP contribution in [0.1, 0.15) is 15.2 Å². The van der Waals surface area contributed by atoms with Crippen molar-refractivity contribution >= 4 is 49.2 Å². The van der Waals surface area contributed by atoms with Crippen molar-refractivity contribution in [2.75, 3.05) is 6.61 Å². The van der Waals surface area contributed by atoms with Gasteiger partial charge in [-0.05, 0) is 45.6 Å². The van der Waals surface area contributed by atoms with Gasteiger partial charge in [-0.15, -0.1) is 11.3 Å². The van der Waals surface area contributed by atoms with Gasteiger partial charge in [-0.25, -0.2) is 18.4 Å². The van der Waals surface area contributed by atoms with E-state index in [-0.39, 0.29) is 10.5 Å². The van der Waals surface area contributed by atoms with Crippen LogP contribution in [0.2, 0.25) is 0 Å². The molecule has 3 N–H and O–H groups in total. The van der Waals surface area contributed by atoms with Crippen molar-refractivity contribution in [1.29, 1.82) is 0 Å². The fourth-order valence-corrected chi connectivity index (χ4v) is 3.29. The molecule has 1 aromatic heterocycles. The van der Waals surface area contributed by atoms with Crippen LogP contribution in [0.5, 0.6) is 0 Å². The van der Waals surface area contributed by atoms with E-state index in [9.17, 15) is 18.0 Å². The number of sulfonamides is 1. The smallest absolute Gasteiger partial charge is 0.339 e. The van der Waals surface area contributed by atoms with Crippen LogP contribution >= 0.6 is 27.3 Å². The molecule has 2 rings (SSSR count). The third kappa shape index (κ3) is 5.13. The summed E-state index contributed by atoms with van der Waals surface area (Å²) in [7, 11) is -3.95. The molecule has 24 heavy (non-hydrogen) atoms. The molecule has 0 saturated heterocycles. The minimum absolute atomic E-state index is 0.0346. The Bertz CT molecular complexity index is 850. The second kappa shape index (κ2) is 7.88. The van der Waals surface area contributed by atoms with Crippen molar-refractivity contribution in [3.63, 3.8) is 0 Å². The second-order valence-electron chi connectivity index (χ2n) is 4.62. The Morgan fingerprint density at radius 1 is 1.29 bits per heavy atom. The fourth-order valence-electron chi connectivity index (χ4n) is 1.70. The summed E-state index contributed by atoms with van der Waals surface area (Å²) in [4.78, 5) is 24.4. The molecule has 1 amide bonds. The lowest BCUT2D eigenvalue weighted by Crippen LogP contribution is -2.28. The van der Waals surface area contributed by atoms with Gasteiger partial charge in [0.25, 0.3) is 5.91 Å². The van der Waals surface area contributed by atoms with E-state index < -0.39 is 28.5 Å². The normalized spacial score (nSPS) is 11.1. The number of esters is 1. The van der Waals surface area contributed by atoms with E-state index in [0.29, 0.717) is 11.0 Å². The number of rotatable bonds is 6. The molecule has 0 aliphatic heterocycles. The maximum Gasteiger partial charge on any atom is 0.339 e. The van der Waals surface area contributed by atoms with Gasteiger partial charge in [0.2, 0.25) is 10.0 Å². The third-order valence-electron chi connectivity index (χ3n) is 2.86. The highest BCUT2D eigenvalue weighted by molar-refractivity contribution is 9.10. The van der Waals surface area contributed by atoms with Gasteiger partial charge >= 0.3 is 5.97 Å². The molecule has 0 radical (unpaired) electrons. The van der Waals surface area contributed by atoms with Gasteiger partial charge in [0.1, 0.15) is 0 Å². The van der Waals surface area contributed by atoms with E-state index in [0.717, 1.165) is 10.9 Å². The highest BCUT2D eigenvalue weighted by atomic mass is 79.9. The monoisotopic (exact) mass is 432 g/mol. The minimum atomic E-state index is -3.95. The maximum atomic E-state index is 12.0. The molecule has 128 valence electrons. The Kier molecular flexibility index (Phi) is 6.10. The zero-order valence-corrected chi connectivity index (χ0v) is 15.4. The first-order valence-electron chi connectivity index (χ1n) is 6.56. The van der Waals surface area contributed by atoms with E-state index in [4.69, 9.17) is 9.88 Å². The summed E-state index contributed by atoms with van der Waals surface area (Å²) in [5.41, 5.74) is -0.0346. The van der Waals surface area contributed by atoms with E-state index in [1.54, 1.807) is 0 Å². The van der Waals surface area contributed by atoms with Crippen LogP contribution in [0.4, 0.5) is 0 Å². The molecule has 7 nitrogen and oxygen atoms in total. The lowest BCUT2D eigenvalue weighted by atomic mass is 10.2. The van der Waals surface area contributed by atoms with Gasteiger partial charge in [0.15, 0.2) is 6.61 Å². The number of carbonyl (C=O) groups excluding carboxylic acids is 2. The molecule has 0 spiro atoms. The average Bonchev–Trinajstić information content (AvgIpc) is 3.03. The van der Waals surface area contributed by atoms with Crippen LogP contribution in [0.25, 0.3) is 0 Å². The van der Waals surface area contributed by atoms with Gasteiger partial charge < -0.3 is 10.1 Å². The summed E-state index contributed by atoms with van der Waals surface area (Å²) in [6.45, 7) is -0.130. The molecule has 10 heteroatoms. The Morgan fingerprint density at radius 3 is 2.67 bits per heavy atom. The van der Waals surface area contributed by atoms with Crippen molar-refractivity contribution in [2.45, 2.75) is 11.4 Å². The highest BCUT2D eigenvalue weighted by Gasteiger charge is 2.17. The van der Waals surface area contributed by atoms with E-state index >= 15 is 0 Å². The van der Waals surface area contributed by atoms with Crippen LogP contribution in [0.3, 0.4) is 0 Å². The summed E-state index contributed by atoms with van der Waals surface area (Å²) in [6, 6.07) is 7.44. The number of thiophene rings is 1. The number of nitrogens with two attached hydrogens (primary N) is 1. The van der Waals surface area contributed by atoms with Crippen molar-refractivity contribution in [1.82, 2.24) is 5.32 Å². The molecule has 2 aromatic rings. The quantitative estimate of drug-likeness (QED) is 0.672. The number of hydrogen-bond donors (Lipinski definition) is 2. The number of nitrogens with one attached hydrogen (secondary N) is 1. The van der Waals surface area contributed by atoms with Gasteiger partial charge in [-0.2, -0.15) is 0 Å². The largest absolute Gasteiger partial charge is 0.452 e. The molecular weight excluding hydrogens is 420 g/mol. The van der Waals surface area contributed by atoms with Crippen LogP contribution in [-0.4, -0.2) is 26.9 Å². The van der Waals surface area contributed by atoms with E-state index in [1.807, 2.05) is 17.5 Å². The number of hydrogen-bond acceptors (Lipinski definition) is 6. The standard InChI is InChI=1S/C14H13BrN2O5S2/c15-12-4-3-10(24(16,20)21)6-11(12)14(19)22-8-13(18)17-7-9-2-1-5-23-9/h1-6H,7-8H2,(H,17,18)(H2,16,20,21). The van der Waals surface area contributed by atoms with Crippen LogP contribution in [0, 0.1) is 0 Å². The van der Waals surface area contributed by atoms with Crippen LogP contribution in [0.15, 0.2) is 45.1 Å². The minimum Gasteiger partial charge on any atom is -0.452 e. The first-order valence-corrected chi connectivity index (χ1v) is 9.78. The number of amides is 1. The van der Waals surface area contributed by atoms with Gasteiger partial charge in [0, 0.05) is 9.35 Å². The summed E-state index contributed by atoms with van der Waals surface area (Å²) < 4.78 is 27.9. The predicted molar refractivity (Wildman–Crippen MR) is 92.0 cm³/mol. The SMILES string of the molecule is NS(=O)(=O)c1ccc(Br)c(C(=O)OCC(=O)NCc2cccs2)c1. The number of primary sulfonamides is 1. The Hall–Kier alpha value is -1.75. The molecule has 0 aliphatic carbocycles. The number of ether oxygens (including phenoxy) is 1. The predicted octanol–water partition coefficient (Wildman–Crippen LogP) is 1.63. The van der Waals surface area contributed by atoms with Crippen molar-refractivity contribution in [2.24, 2.45) is 5.14 Å². The Balaban J connectivity index is 1.96. The molecular formula is C14H13BrN2O5S2. The van der Waals surface area contributed by atoms with E-state index in [1.165, 1.54) is 23.5 Å². The molecule has 0 unspecified atom stereocenters. The van der Waals surface area contributed by atoms with Gasteiger partial charge in [-0.3, -0.25) is 4.79 Å². The summed E-state index contributed by atoms with van der Waals surface area (Å²) in [5.74, 6) is -1.30.